The molecule has 0 unspecified atom stereocenters. The molecule has 0 fully saturated rings. The summed E-state index contributed by atoms with van der Waals surface area (Å²) in [6.45, 7) is 8.10. The number of hydrogen-bond acceptors (Lipinski definition) is 5. The molecule has 1 aromatic heterocycles. The van der Waals surface area contributed by atoms with Crippen molar-refractivity contribution in [1.82, 2.24) is 4.98 Å². The summed E-state index contributed by atoms with van der Waals surface area (Å²) in [7, 11) is 0. The number of hydrogen-bond donors (Lipinski definition) is 1. The van der Waals surface area contributed by atoms with Crippen LogP contribution in [0.5, 0.6) is 0 Å². The lowest BCUT2D eigenvalue weighted by Crippen LogP contribution is -2.39. The molecule has 0 spiro atoms. The third-order valence-electron chi connectivity index (χ3n) is 2.94. The Morgan fingerprint density at radius 2 is 2.21 bits per heavy atom. The van der Waals surface area contributed by atoms with Crippen LogP contribution < -0.4 is 10.6 Å². The number of nitro groups is 1. The van der Waals surface area contributed by atoms with Crippen LogP contribution in [0.1, 0.15) is 27.2 Å². The van der Waals surface area contributed by atoms with E-state index in [1.54, 1.807) is 12.1 Å². The zero-order chi connectivity index (χ0) is 14.5. The molecule has 0 saturated heterocycles. The van der Waals surface area contributed by atoms with Gasteiger partial charge >= 0.3 is 5.82 Å². The van der Waals surface area contributed by atoms with E-state index in [0.717, 1.165) is 13.0 Å². The quantitative estimate of drug-likeness (QED) is 0.604. The highest BCUT2D eigenvalue weighted by Gasteiger charge is 2.25. The number of rotatable bonds is 7. The second-order valence-corrected chi connectivity index (χ2v) is 5.39. The Morgan fingerprint density at radius 3 is 2.74 bits per heavy atom. The van der Waals surface area contributed by atoms with Crippen LogP contribution in [0.4, 0.5) is 11.5 Å². The second-order valence-electron chi connectivity index (χ2n) is 5.39. The van der Waals surface area contributed by atoms with Gasteiger partial charge in [-0.3, -0.25) is 0 Å². The third-order valence-corrected chi connectivity index (χ3v) is 2.94. The number of anilines is 1. The van der Waals surface area contributed by atoms with Crippen molar-refractivity contribution < 1.29 is 4.92 Å². The fourth-order valence-corrected chi connectivity index (χ4v) is 1.91. The van der Waals surface area contributed by atoms with E-state index < -0.39 is 4.92 Å². The Hall–Kier alpha value is -1.69. The van der Waals surface area contributed by atoms with E-state index in [4.69, 9.17) is 5.73 Å². The molecule has 1 rings (SSSR count). The van der Waals surface area contributed by atoms with Gasteiger partial charge in [0.25, 0.3) is 0 Å². The highest BCUT2D eigenvalue weighted by Crippen LogP contribution is 2.28. The Bertz CT molecular complexity index is 434. The summed E-state index contributed by atoms with van der Waals surface area (Å²) in [6, 6.07) is 3.47. The molecule has 0 aliphatic rings. The van der Waals surface area contributed by atoms with E-state index in [0.29, 0.717) is 18.8 Å². The monoisotopic (exact) mass is 266 g/mol. The summed E-state index contributed by atoms with van der Waals surface area (Å²) in [5.41, 5.74) is 6.22. The Labute approximate surface area is 113 Å². The number of pyridine rings is 1. The first-order valence-electron chi connectivity index (χ1n) is 6.45. The Kier molecular flexibility index (Phi) is 5.23. The molecular weight excluding hydrogens is 244 g/mol. The molecule has 0 aliphatic carbocycles. The fourth-order valence-electron chi connectivity index (χ4n) is 1.91. The first-order chi connectivity index (χ1) is 8.91. The minimum Gasteiger partial charge on any atom is -0.364 e. The van der Waals surface area contributed by atoms with Crippen LogP contribution in [0.3, 0.4) is 0 Å². The van der Waals surface area contributed by atoms with Gasteiger partial charge in [0.15, 0.2) is 0 Å². The van der Waals surface area contributed by atoms with E-state index in [9.17, 15) is 10.1 Å². The van der Waals surface area contributed by atoms with Gasteiger partial charge in [0.1, 0.15) is 11.9 Å². The minimum atomic E-state index is -0.437. The van der Waals surface area contributed by atoms with E-state index in [1.165, 1.54) is 6.20 Å². The molecule has 106 valence electrons. The molecule has 2 N–H and O–H groups in total. The van der Waals surface area contributed by atoms with Crippen molar-refractivity contribution in [2.24, 2.45) is 11.1 Å². The van der Waals surface area contributed by atoms with Gasteiger partial charge in [0.2, 0.25) is 0 Å². The average molecular weight is 266 g/mol. The zero-order valence-corrected chi connectivity index (χ0v) is 11.8. The van der Waals surface area contributed by atoms with Crippen molar-refractivity contribution in [3.05, 3.63) is 28.4 Å². The Balaban J connectivity index is 3.09. The van der Waals surface area contributed by atoms with Gasteiger partial charge in [-0.15, -0.1) is 0 Å². The fraction of sp³-hybridized carbons (Fsp3) is 0.615. The molecule has 0 bridgehead atoms. The van der Waals surface area contributed by atoms with Crippen molar-refractivity contribution in [2.45, 2.75) is 27.2 Å². The highest BCUT2D eigenvalue weighted by molar-refractivity contribution is 5.59. The van der Waals surface area contributed by atoms with Crippen molar-refractivity contribution >= 4 is 11.5 Å². The predicted molar refractivity (Wildman–Crippen MR) is 76.2 cm³/mol. The minimum absolute atomic E-state index is 0.0937. The van der Waals surface area contributed by atoms with Crippen molar-refractivity contribution in [3.63, 3.8) is 0 Å². The second kappa shape index (κ2) is 6.47. The largest absolute Gasteiger partial charge is 0.387 e. The maximum Gasteiger partial charge on any atom is 0.387 e. The first-order valence-corrected chi connectivity index (χ1v) is 6.45. The molecule has 0 aliphatic heterocycles. The molecule has 0 amide bonds. The summed E-state index contributed by atoms with van der Waals surface area (Å²) in [5, 5.41) is 11.1. The van der Waals surface area contributed by atoms with E-state index >= 15 is 0 Å². The first kappa shape index (κ1) is 15.4. The van der Waals surface area contributed by atoms with Crippen LogP contribution in [0.25, 0.3) is 0 Å². The molecule has 1 heterocycles. The predicted octanol–water partition coefficient (Wildman–Crippen LogP) is 2.19. The van der Waals surface area contributed by atoms with E-state index in [2.05, 4.69) is 18.8 Å². The lowest BCUT2D eigenvalue weighted by Gasteiger charge is -2.32. The van der Waals surface area contributed by atoms with Gasteiger partial charge in [0, 0.05) is 13.1 Å². The average Bonchev–Trinajstić information content (AvgIpc) is 2.38. The van der Waals surface area contributed by atoms with Crippen molar-refractivity contribution in [2.75, 3.05) is 24.5 Å². The zero-order valence-electron chi connectivity index (χ0n) is 11.8. The molecule has 6 nitrogen and oxygen atoms in total. The lowest BCUT2D eigenvalue weighted by atomic mass is 9.93. The summed E-state index contributed by atoms with van der Waals surface area (Å²) < 4.78 is 0. The highest BCUT2D eigenvalue weighted by atomic mass is 16.6. The summed E-state index contributed by atoms with van der Waals surface area (Å²) in [4.78, 5) is 16.5. The summed E-state index contributed by atoms with van der Waals surface area (Å²) in [6.07, 6.45) is 2.35. The third kappa shape index (κ3) is 4.17. The van der Waals surface area contributed by atoms with Gasteiger partial charge in [-0.05, 0) is 40.4 Å². The molecule has 19 heavy (non-hydrogen) atoms. The van der Waals surface area contributed by atoms with Gasteiger partial charge in [0.05, 0.1) is 0 Å². The lowest BCUT2D eigenvalue weighted by molar-refractivity contribution is -0.388. The van der Waals surface area contributed by atoms with Crippen LogP contribution in [0, 0.1) is 15.5 Å². The van der Waals surface area contributed by atoms with Crippen molar-refractivity contribution in [3.8, 4) is 0 Å². The molecule has 0 radical (unpaired) electrons. The van der Waals surface area contributed by atoms with Crippen LogP contribution in [-0.4, -0.2) is 29.5 Å². The molecule has 0 saturated carbocycles. The number of nitrogens with zero attached hydrogens (tertiary/aromatic N) is 3. The number of nitrogens with two attached hydrogens (primary N) is 1. The van der Waals surface area contributed by atoms with Gasteiger partial charge < -0.3 is 20.7 Å². The maximum absolute atomic E-state index is 11.1. The van der Waals surface area contributed by atoms with E-state index in [1.807, 2.05) is 11.8 Å². The van der Waals surface area contributed by atoms with Crippen LogP contribution in [-0.2, 0) is 0 Å². The van der Waals surface area contributed by atoms with Gasteiger partial charge in [-0.25, -0.2) is 0 Å². The van der Waals surface area contributed by atoms with Crippen LogP contribution in [0.15, 0.2) is 18.3 Å². The summed E-state index contributed by atoms with van der Waals surface area (Å²) in [5.74, 6) is -0.0937. The standard InChI is InChI=1S/C13H22N4O2/c1-4-8-16(10-13(2,3)9-14)11-6-5-7-15-12(11)17(18)19/h5-7H,4,8-10,14H2,1-3H3. The van der Waals surface area contributed by atoms with Crippen molar-refractivity contribution in [1.29, 1.82) is 0 Å². The van der Waals surface area contributed by atoms with Crippen LogP contribution >= 0.6 is 0 Å². The normalized spacial score (nSPS) is 11.4. The van der Waals surface area contributed by atoms with Crippen LogP contribution in [0.2, 0.25) is 0 Å². The molecule has 6 heteroatoms. The molecule has 0 atom stereocenters. The molecule has 0 aromatic carbocycles. The smallest absolute Gasteiger partial charge is 0.364 e. The molecular formula is C13H22N4O2. The maximum atomic E-state index is 11.1. The number of aromatic nitrogens is 1. The Morgan fingerprint density at radius 1 is 1.53 bits per heavy atom. The SMILES string of the molecule is CCCN(CC(C)(C)CN)c1cccnc1[N+](=O)[O-]. The molecule has 1 aromatic rings. The van der Waals surface area contributed by atoms with E-state index in [-0.39, 0.29) is 11.2 Å². The van der Waals surface area contributed by atoms with Gasteiger partial charge in [-0.1, -0.05) is 20.8 Å². The summed E-state index contributed by atoms with van der Waals surface area (Å²) >= 11 is 0. The topological polar surface area (TPSA) is 85.3 Å². The van der Waals surface area contributed by atoms with Gasteiger partial charge in [-0.2, -0.15) is 0 Å².